The molecule has 0 bridgehead atoms. The van der Waals surface area contributed by atoms with E-state index in [1.165, 1.54) is 0 Å². The Balaban J connectivity index is 0.00000544. The van der Waals surface area contributed by atoms with E-state index in [1.54, 1.807) is 24.3 Å². The minimum atomic E-state index is -0.970. The minimum Gasteiger partial charge on any atom is -0.510 e. The number of benzene rings is 6. The average molecular weight is 1020 g/mol. The molecule has 1 aliphatic heterocycles. The van der Waals surface area contributed by atoms with E-state index in [4.69, 9.17) is 16.3 Å². The molecule has 8 aromatic rings. The zero-order chi connectivity index (χ0) is 43.6. The van der Waals surface area contributed by atoms with Crippen LogP contribution < -0.4 is 14.5 Å². The molecule has 1 aliphatic rings. The number of nitrogens with zero attached hydrogens (tertiary/aromatic N) is 5. The molecule has 10 heteroatoms. The number of fused-ring (bicyclic) bond motifs is 4. The van der Waals surface area contributed by atoms with Crippen LogP contribution in [0.2, 0.25) is 0 Å². The van der Waals surface area contributed by atoms with Crippen LogP contribution in [0.25, 0.3) is 43.6 Å². The maximum absolute atomic E-state index is 15.2. The summed E-state index contributed by atoms with van der Waals surface area (Å²) in [6, 6.07) is 39.6. The molecule has 0 spiro atoms. The molecule has 0 unspecified atom stereocenters. The van der Waals surface area contributed by atoms with Gasteiger partial charge in [-0.3, -0.25) is 4.85 Å². The second-order valence-electron chi connectivity index (χ2n) is 17.3. The summed E-state index contributed by atoms with van der Waals surface area (Å²) in [5.41, 5.74) is 8.17. The molecule has 0 amide bonds. The van der Waals surface area contributed by atoms with E-state index in [-0.39, 0.29) is 43.9 Å². The number of anilines is 4. The SMILES string of the molecule is [C-]#[N+]c1cc(Oc2[c-]c3c(cc2)c2ccccc2n3-c2cc(C(C)(C)C)ccn2)[c-]c(N2[CH-]N(c3c(C(C)C)cc(-c4c(F)cc(F)cc4F)cc3C(C)C)c3ccccc32)c1.[Pt]. The second kappa shape index (κ2) is 16.7. The minimum absolute atomic E-state index is 0. The van der Waals surface area contributed by atoms with Crippen LogP contribution in [0.15, 0.2) is 115 Å². The molecule has 6 aromatic carbocycles. The Bertz CT molecular complexity index is 3060. The Morgan fingerprint density at radius 3 is 2.03 bits per heavy atom. The van der Waals surface area contributed by atoms with Crippen molar-refractivity contribution in [3.05, 3.63) is 180 Å². The summed E-state index contributed by atoms with van der Waals surface area (Å²) in [5.74, 6) is -1.45. The van der Waals surface area contributed by atoms with Crippen LogP contribution in [0.3, 0.4) is 0 Å². The molecule has 0 atom stereocenters. The third kappa shape index (κ3) is 7.87. The topological polar surface area (TPSA) is 37.9 Å². The first kappa shape index (κ1) is 43.3. The summed E-state index contributed by atoms with van der Waals surface area (Å²) in [5, 5.41) is 2.07. The molecule has 2 aromatic heterocycles. The second-order valence-corrected chi connectivity index (χ2v) is 17.3. The van der Waals surface area contributed by atoms with Crippen LogP contribution in [-0.2, 0) is 26.5 Å². The van der Waals surface area contributed by atoms with E-state index in [0.29, 0.717) is 40.6 Å². The molecule has 320 valence electrons. The molecule has 0 saturated carbocycles. The number of aromatic nitrogens is 2. The van der Waals surface area contributed by atoms with Crippen molar-refractivity contribution in [2.24, 2.45) is 0 Å². The number of halogens is 3. The zero-order valence-electron chi connectivity index (χ0n) is 35.8. The molecule has 3 heterocycles. The average Bonchev–Trinajstić information content (AvgIpc) is 3.78. The van der Waals surface area contributed by atoms with Crippen LogP contribution in [0, 0.1) is 42.8 Å². The van der Waals surface area contributed by atoms with Gasteiger partial charge in [0.15, 0.2) is 0 Å². The maximum Gasteiger partial charge on any atom is 0.136 e. The van der Waals surface area contributed by atoms with E-state index >= 15 is 8.78 Å². The van der Waals surface area contributed by atoms with Gasteiger partial charge in [0.1, 0.15) is 23.3 Å². The van der Waals surface area contributed by atoms with E-state index in [1.807, 2.05) is 100 Å². The Kier molecular flexibility index (Phi) is 11.5. The third-order valence-corrected chi connectivity index (χ3v) is 11.4. The third-order valence-electron chi connectivity index (χ3n) is 11.4. The fourth-order valence-corrected chi connectivity index (χ4v) is 8.34. The van der Waals surface area contributed by atoms with E-state index < -0.39 is 17.5 Å². The normalized spacial score (nSPS) is 12.6. The molecule has 0 aliphatic carbocycles. The number of hydrogen-bond acceptors (Lipinski definition) is 4. The summed E-state index contributed by atoms with van der Waals surface area (Å²) in [4.78, 5) is 12.7. The van der Waals surface area contributed by atoms with Gasteiger partial charge >= 0.3 is 0 Å². The molecule has 0 saturated heterocycles. The number of hydrogen-bond donors (Lipinski definition) is 0. The standard InChI is InChI=1S/C53H43F3N5O.Pt/c1-31(2)42-21-33(51-44(55)24-35(54)25-45(51)56)22-43(32(3)4)52(42)60-30-59(47-15-11-12-16-48(47)60)37-26-36(57-8)27-39(28-37)62-38-17-18-41-40-13-9-10-14-46(40)61(49(41)29-38)50-23-34(19-20-58-50)53(5,6)7;/h9-27,30-32H,1-7H3;/q-3;. The number of rotatable bonds is 8. The van der Waals surface area contributed by atoms with E-state index in [2.05, 4.69) is 65.4 Å². The largest absolute Gasteiger partial charge is 0.510 e. The molecule has 0 radical (unpaired) electrons. The summed E-state index contributed by atoms with van der Waals surface area (Å²) in [6.07, 6.45) is 1.84. The van der Waals surface area contributed by atoms with E-state index in [0.717, 1.165) is 61.4 Å². The first-order valence-corrected chi connectivity index (χ1v) is 20.6. The van der Waals surface area contributed by atoms with Gasteiger partial charge in [-0.2, -0.15) is 6.07 Å². The van der Waals surface area contributed by atoms with Gasteiger partial charge in [0, 0.05) is 73.5 Å². The smallest absolute Gasteiger partial charge is 0.136 e. The van der Waals surface area contributed by atoms with Gasteiger partial charge in [0.05, 0.1) is 17.8 Å². The quantitative estimate of drug-likeness (QED) is 0.142. The Hall–Kier alpha value is -6.36. The van der Waals surface area contributed by atoms with Crippen LogP contribution in [0.1, 0.15) is 77.0 Å². The molecule has 9 rings (SSSR count). The van der Waals surface area contributed by atoms with Crippen LogP contribution in [0.5, 0.6) is 11.5 Å². The van der Waals surface area contributed by atoms with Crippen molar-refractivity contribution in [2.75, 3.05) is 9.80 Å². The predicted molar refractivity (Wildman–Crippen MR) is 243 cm³/mol. The van der Waals surface area contributed by atoms with Crippen LogP contribution >= 0.6 is 0 Å². The summed E-state index contributed by atoms with van der Waals surface area (Å²) in [7, 11) is 0. The van der Waals surface area contributed by atoms with Gasteiger partial charge in [0.25, 0.3) is 0 Å². The van der Waals surface area contributed by atoms with Crippen molar-refractivity contribution in [1.82, 2.24) is 9.55 Å². The van der Waals surface area contributed by atoms with Crippen LogP contribution in [-0.4, -0.2) is 9.55 Å². The molecule has 0 fully saturated rings. The van der Waals surface area contributed by atoms with Gasteiger partial charge in [0.2, 0.25) is 0 Å². The van der Waals surface area contributed by atoms with Crippen molar-refractivity contribution >= 4 is 50.2 Å². The Morgan fingerprint density at radius 2 is 1.38 bits per heavy atom. The summed E-state index contributed by atoms with van der Waals surface area (Å²) < 4.78 is 53.1. The molecular weight excluding hydrogens is 975 g/mol. The summed E-state index contributed by atoms with van der Waals surface area (Å²) in [6.45, 7) is 24.7. The van der Waals surface area contributed by atoms with Gasteiger partial charge in [-0.25, -0.2) is 18.2 Å². The Labute approximate surface area is 380 Å². The number of pyridine rings is 1. The molecule has 63 heavy (non-hydrogen) atoms. The van der Waals surface area contributed by atoms with Crippen molar-refractivity contribution in [1.29, 1.82) is 0 Å². The van der Waals surface area contributed by atoms with E-state index in [9.17, 15) is 4.39 Å². The van der Waals surface area contributed by atoms with Gasteiger partial charge in [-0.15, -0.1) is 48.1 Å². The van der Waals surface area contributed by atoms with Crippen molar-refractivity contribution in [2.45, 2.75) is 65.7 Å². The monoisotopic (exact) mass is 1020 g/mol. The first-order chi connectivity index (χ1) is 29.7. The molecular formula is C53H43F3N5OPt-3. The maximum atomic E-state index is 15.2. The Morgan fingerprint density at radius 1 is 0.730 bits per heavy atom. The zero-order valence-corrected chi connectivity index (χ0v) is 38.1. The van der Waals surface area contributed by atoms with Crippen LogP contribution in [0.4, 0.5) is 41.6 Å². The fraction of sp³-hybridized carbons (Fsp3) is 0.189. The number of para-hydroxylation sites is 3. The predicted octanol–water partition coefficient (Wildman–Crippen LogP) is 15.2. The van der Waals surface area contributed by atoms with Crippen molar-refractivity contribution in [3.63, 3.8) is 0 Å². The number of ether oxygens (including phenoxy) is 1. The fourth-order valence-electron chi connectivity index (χ4n) is 8.34. The van der Waals surface area contributed by atoms with Gasteiger partial charge < -0.3 is 19.1 Å². The summed E-state index contributed by atoms with van der Waals surface area (Å²) >= 11 is 0. The van der Waals surface area contributed by atoms with Crippen molar-refractivity contribution < 1.29 is 39.0 Å². The van der Waals surface area contributed by atoms with Gasteiger partial charge in [-0.05, 0) is 87.4 Å². The first-order valence-electron chi connectivity index (χ1n) is 20.6. The molecule has 6 nitrogen and oxygen atoms in total. The van der Waals surface area contributed by atoms with Gasteiger partial charge in [-0.1, -0.05) is 84.3 Å². The van der Waals surface area contributed by atoms with Crippen molar-refractivity contribution in [3.8, 4) is 28.4 Å². The molecule has 0 N–H and O–H groups in total.